The van der Waals surface area contributed by atoms with E-state index < -0.39 is 30.0 Å². The summed E-state index contributed by atoms with van der Waals surface area (Å²) < 4.78 is 52.5. The fraction of sp³-hybridized carbons (Fsp3) is 0.304. The van der Waals surface area contributed by atoms with E-state index in [9.17, 15) is 16.8 Å². The number of primary sulfonamides is 1. The van der Waals surface area contributed by atoms with Crippen LogP contribution in [0.25, 0.3) is 33.3 Å². The molecule has 10 nitrogen and oxygen atoms in total. The summed E-state index contributed by atoms with van der Waals surface area (Å²) in [4.78, 5) is 3.19. The van der Waals surface area contributed by atoms with Gasteiger partial charge in [0, 0.05) is 17.8 Å². The first-order valence-electron chi connectivity index (χ1n) is 11.2. The van der Waals surface area contributed by atoms with Crippen molar-refractivity contribution in [1.29, 1.82) is 0 Å². The molecule has 0 fully saturated rings. The van der Waals surface area contributed by atoms with Crippen LogP contribution in [0.4, 0.5) is 0 Å². The third kappa shape index (κ3) is 5.09. The summed E-state index contributed by atoms with van der Waals surface area (Å²) in [6, 6.07) is 10.1. The molecule has 0 bridgehead atoms. The van der Waals surface area contributed by atoms with Crippen molar-refractivity contribution in [2.24, 2.45) is 5.14 Å². The first-order valence-corrected chi connectivity index (χ1v) is 14.3. The Labute approximate surface area is 205 Å². The standard InChI is InChI=1S/C21H22N6O4S2.C2H6/c1-3-16(4-2)32(28,29)18-8-7-17(14-5-6-15-12-23-10-9-13(15)11-14)19(20(18)33(22,30)31)21-24-26-27-25-21;1-2/h5-12,16H,3-4H2,1-2H3,(H2,22,30,31)(H,24,25,26,27);1-2H3. The van der Waals surface area contributed by atoms with Crippen LogP contribution >= 0.6 is 0 Å². The minimum Gasteiger partial charge on any atom is -0.264 e. The number of fused-ring (bicyclic) bond motifs is 1. The van der Waals surface area contributed by atoms with Crippen molar-refractivity contribution in [3.8, 4) is 22.5 Å². The molecule has 0 atom stereocenters. The monoisotopic (exact) mass is 516 g/mol. The fourth-order valence-corrected chi connectivity index (χ4v) is 7.34. The quantitative estimate of drug-likeness (QED) is 0.375. The molecule has 0 amide bonds. The van der Waals surface area contributed by atoms with Gasteiger partial charge in [-0.1, -0.05) is 45.9 Å². The number of tetrazole rings is 1. The Bertz CT molecular complexity index is 1530. The van der Waals surface area contributed by atoms with Crippen molar-refractivity contribution < 1.29 is 16.8 Å². The number of pyridine rings is 1. The van der Waals surface area contributed by atoms with Crippen molar-refractivity contribution >= 4 is 30.6 Å². The lowest BCUT2D eigenvalue weighted by Gasteiger charge is -2.20. The van der Waals surface area contributed by atoms with Crippen LogP contribution < -0.4 is 5.14 Å². The summed E-state index contributed by atoms with van der Waals surface area (Å²) in [6.45, 7) is 7.47. The molecular weight excluding hydrogens is 488 g/mol. The van der Waals surface area contributed by atoms with Crippen LogP contribution in [-0.4, -0.2) is 47.7 Å². The Morgan fingerprint density at radius 3 is 2.29 bits per heavy atom. The van der Waals surface area contributed by atoms with Gasteiger partial charge in [-0.25, -0.2) is 22.0 Å². The van der Waals surface area contributed by atoms with Gasteiger partial charge >= 0.3 is 0 Å². The smallest absolute Gasteiger partial charge is 0.240 e. The number of benzene rings is 2. The molecule has 0 unspecified atom stereocenters. The second-order valence-electron chi connectivity index (χ2n) is 7.52. The van der Waals surface area contributed by atoms with Gasteiger partial charge in [-0.2, -0.15) is 5.21 Å². The van der Waals surface area contributed by atoms with Crippen molar-refractivity contribution in [1.82, 2.24) is 25.6 Å². The molecular formula is C23H28N6O4S2. The normalized spacial score (nSPS) is 11.9. The molecule has 0 spiro atoms. The number of hydrogen-bond donors (Lipinski definition) is 2. The number of nitrogens with zero attached hydrogens (tertiary/aromatic N) is 4. The minimum atomic E-state index is -4.51. The summed E-state index contributed by atoms with van der Waals surface area (Å²) in [6.07, 6.45) is 4.00. The zero-order valence-electron chi connectivity index (χ0n) is 19.9. The molecule has 4 aromatic rings. The molecule has 0 aliphatic carbocycles. The van der Waals surface area contributed by atoms with Gasteiger partial charge in [0.2, 0.25) is 15.8 Å². The van der Waals surface area contributed by atoms with Gasteiger partial charge in [-0.15, -0.1) is 10.2 Å². The van der Waals surface area contributed by atoms with Gasteiger partial charge in [-0.05, 0) is 52.8 Å². The van der Waals surface area contributed by atoms with E-state index >= 15 is 0 Å². The van der Waals surface area contributed by atoms with Crippen molar-refractivity contribution in [3.63, 3.8) is 0 Å². The molecule has 0 saturated carbocycles. The maximum Gasteiger partial charge on any atom is 0.240 e. The lowest BCUT2D eigenvalue weighted by Crippen LogP contribution is -2.25. The average Bonchev–Trinajstić information content (AvgIpc) is 3.39. The highest BCUT2D eigenvalue weighted by Gasteiger charge is 2.35. The highest BCUT2D eigenvalue weighted by atomic mass is 32.2. The van der Waals surface area contributed by atoms with Gasteiger partial charge < -0.3 is 0 Å². The highest BCUT2D eigenvalue weighted by molar-refractivity contribution is 7.94. The van der Waals surface area contributed by atoms with E-state index in [1.54, 1.807) is 38.4 Å². The van der Waals surface area contributed by atoms with Crippen LogP contribution in [0.5, 0.6) is 0 Å². The first kappa shape index (κ1) is 26.4. The zero-order valence-corrected chi connectivity index (χ0v) is 21.6. The summed E-state index contributed by atoms with van der Waals surface area (Å²) in [5.74, 6) is -0.0783. The molecule has 2 heterocycles. The van der Waals surface area contributed by atoms with Crippen LogP contribution in [0.3, 0.4) is 0 Å². The van der Waals surface area contributed by atoms with Gasteiger partial charge in [0.05, 0.1) is 15.7 Å². The second kappa shape index (κ2) is 10.6. The molecule has 35 heavy (non-hydrogen) atoms. The Hall–Kier alpha value is -3.22. The van der Waals surface area contributed by atoms with E-state index in [1.807, 2.05) is 32.0 Å². The van der Waals surface area contributed by atoms with Crippen molar-refractivity contribution in [3.05, 3.63) is 48.8 Å². The Morgan fingerprint density at radius 2 is 1.69 bits per heavy atom. The lowest BCUT2D eigenvalue weighted by atomic mass is 9.97. The molecule has 2 aromatic heterocycles. The van der Waals surface area contributed by atoms with Crippen molar-refractivity contribution in [2.45, 2.75) is 55.6 Å². The lowest BCUT2D eigenvalue weighted by molar-refractivity contribution is 0.565. The number of nitrogens with two attached hydrogens (primary N) is 1. The van der Waals surface area contributed by atoms with E-state index in [4.69, 9.17) is 5.14 Å². The maximum absolute atomic E-state index is 13.4. The van der Waals surface area contributed by atoms with E-state index in [-0.39, 0.29) is 16.3 Å². The first-order chi connectivity index (χ1) is 16.7. The third-order valence-corrected chi connectivity index (χ3v) is 9.20. The largest absolute Gasteiger partial charge is 0.264 e. The zero-order chi connectivity index (χ0) is 25.8. The van der Waals surface area contributed by atoms with Gasteiger partial charge in [0.1, 0.15) is 4.90 Å². The Balaban J connectivity index is 0.00000167. The van der Waals surface area contributed by atoms with E-state index in [0.717, 1.165) is 10.8 Å². The van der Waals surface area contributed by atoms with Gasteiger partial charge in [0.25, 0.3) is 0 Å². The molecule has 0 saturated heterocycles. The van der Waals surface area contributed by atoms with Crippen LogP contribution in [-0.2, 0) is 19.9 Å². The maximum atomic E-state index is 13.4. The average molecular weight is 517 g/mol. The highest BCUT2D eigenvalue weighted by Crippen LogP contribution is 2.40. The predicted molar refractivity (Wildman–Crippen MR) is 135 cm³/mol. The van der Waals surface area contributed by atoms with Gasteiger partial charge in [-0.3, -0.25) is 4.98 Å². The molecule has 12 heteroatoms. The van der Waals surface area contributed by atoms with E-state index in [2.05, 4.69) is 25.6 Å². The van der Waals surface area contributed by atoms with Crippen LogP contribution in [0.15, 0.2) is 58.6 Å². The summed E-state index contributed by atoms with van der Waals surface area (Å²) in [5, 5.41) is 20.3. The van der Waals surface area contributed by atoms with E-state index in [0.29, 0.717) is 24.0 Å². The van der Waals surface area contributed by atoms with E-state index in [1.165, 1.54) is 6.07 Å². The van der Waals surface area contributed by atoms with Crippen LogP contribution in [0.1, 0.15) is 40.5 Å². The number of rotatable bonds is 7. The molecule has 0 aliphatic rings. The second-order valence-corrected chi connectivity index (χ2v) is 11.2. The van der Waals surface area contributed by atoms with Gasteiger partial charge in [0.15, 0.2) is 9.84 Å². The number of sulfonamides is 1. The number of aromatic amines is 1. The Morgan fingerprint density at radius 1 is 0.971 bits per heavy atom. The van der Waals surface area contributed by atoms with Crippen molar-refractivity contribution in [2.75, 3.05) is 0 Å². The SMILES string of the molecule is CC.CCC(CC)S(=O)(=O)c1ccc(-c2ccc3cnccc3c2)c(-c2nn[nH]n2)c1S(N)(=O)=O. The summed E-state index contributed by atoms with van der Waals surface area (Å²) in [7, 11) is -8.52. The summed E-state index contributed by atoms with van der Waals surface area (Å²) >= 11 is 0. The van der Waals surface area contributed by atoms with Crippen LogP contribution in [0.2, 0.25) is 0 Å². The molecule has 4 rings (SSSR count). The molecule has 0 aliphatic heterocycles. The minimum absolute atomic E-state index is 0.0216. The fourth-order valence-electron chi connectivity index (χ4n) is 3.96. The predicted octanol–water partition coefficient (Wildman–Crippen LogP) is 3.72. The Kier molecular flexibility index (Phi) is 7.98. The number of nitrogens with one attached hydrogen (secondary N) is 1. The third-order valence-electron chi connectivity index (χ3n) is 5.58. The molecule has 2 aromatic carbocycles. The molecule has 186 valence electrons. The molecule has 0 radical (unpaired) electrons. The number of sulfone groups is 1. The topological polar surface area (TPSA) is 162 Å². The van der Waals surface area contributed by atoms with Crippen LogP contribution in [0, 0.1) is 0 Å². The number of H-pyrrole nitrogens is 1. The summed E-state index contributed by atoms with van der Waals surface area (Å²) in [5.41, 5.74) is 1.01. The number of hydrogen-bond acceptors (Lipinski definition) is 8. The molecule has 3 N–H and O–H groups in total. The number of aromatic nitrogens is 5.